The van der Waals surface area contributed by atoms with Crippen LogP contribution in [0.25, 0.3) is 0 Å². The number of aliphatic imine (C=N–C) groups is 1. The van der Waals surface area contributed by atoms with E-state index in [2.05, 4.69) is 17.5 Å². The van der Waals surface area contributed by atoms with Gasteiger partial charge < -0.3 is 46.1 Å². The third-order valence-corrected chi connectivity index (χ3v) is 12.8. The molecule has 0 bridgehead atoms. The van der Waals surface area contributed by atoms with Gasteiger partial charge in [0.15, 0.2) is 17.6 Å². The van der Waals surface area contributed by atoms with Crippen molar-refractivity contribution in [2.75, 3.05) is 32.9 Å². The van der Waals surface area contributed by atoms with Gasteiger partial charge in [0, 0.05) is 45.2 Å². The van der Waals surface area contributed by atoms with Crippen molar-refractivity contribution in [3.63, 3.8) is 0 Å². The fourth-order valence-electron chi connectivity index (χ4n) is 9.84. The molecule has 6 rings (SSSR count). The number of aromatic hydroxyl groups is 1. The average molecular weight is 737 g/mol. The van der Waals surface area contributed by atoms with E-state index >= 15 is 0 Å². The van der Waals surface area contributed by atoms with Gasteiger partial charge in [0.2, 0.25) is 5.70 Å². The van der Waals surface area contributed by atoms with E-state index in [1.165, 1.54) is 38.0 Å². The summed E-state index contributed by atoms with van der Waals surface area (Å²) in [6, 6.07) is 5.58. The number of hydrogen-bond acceptors (Lipinski definition) is 9. The summed E-state index contributed by atoms with van der Waals surface area (Å²) in [5.41, 5.74) is 10.1. The average Bonchev–Trinajstić information content (AvgIpc) is 3.88. The predicted molar refractivity (Wildman–Crippen MR) is 208 cm³/mol. The molecule has 10 heteroatoms. The molecule has 53 heavy (non-hydrogen) atoms. The molecule has 1 aromatic rings. The van der Waals surface area contributed by atoms with Crippen LogP contribution in [0.2, 0.25) is 0 Å². The summed E-state index contributed by atoms with van der Waals surface area (Å²) in [4.78, 5) is 4.91. The maximum atomic E-state index is 11.2. The lowest BCUT2D eigenvalue weighted by Crippen LogP contribution is -2.37. The number of aryl methyl sites for hydroxylation is 1. The monoisotopic (exact) mass is 736 g/mol. The van der Waals surface area contributed by atoms with E-state index in [-0.39, 0.29) is 37.7 Å². The normalized spacial score (nSPS) is 29.6. The Labute approximate surface area is 317 Å². The number of unbranched alkanes of at least 4 members (excludes halogenated alkanes) is 1. The van der Waals surface area contributed by atoms with Crippen molar-refractivity contribution in [1.29, 1.82) is 0 Å². The number of benzene rings is 1. The molecular weight excluding hydrogens is 670 g/mol. The molecular formula is C43H66N3O7+. The summed E-state index contributed by atoms with van der Waals surface area (Å²) in [6.45, 7) is 3.39. The zero-order valence-corrected chi connectivity index (χ0v) is 31.8. The fourth-order valence-corrected chi connectivity index (χ4v) is 9.84. The highest BCUT2D eigenvalue weighted by Gasteiger charge is 2.49. The molecule has 10 nitrogen and oxygen atoms in total. The van der Waals surface area contributed by atoms with Gasteiger partial charge in [-0.25, -0.2) is 0 Å². The number of ether oxygens (including phenoxy) is 2. The summed E-state index contributed by atoms with van der Waals surface area (Å²) in [7, 11) is 0. The largest absolute Gasteiger partial charge is 0.504 e. The third-order valence-electron chi connectivity index (χ3n) is 12.8. The van der Waals surface area contributed by atoms with Crippen molar-refractivity contribution < 1.29 is 35.0 Å². The van der Waals surface area contributed by atoms with Crippen molar-refractivity contribution in [3.05, 3.63) is 59.2 Å². The van der Waals surface area contributed by atoms with Crippen molar-refractivity contribution in [2.45, 2.75) is 128 Å². The number of fused-ring (bicyclic) bond motifs is 2. The SMILES string of the molecule is CC(O)CNCC1[C+]2C=C(C(O)COc3cc(CC[C-]4C=C(CO)C(CCCCC5CCC(CCO)C(N)C5)[OH+]4)ccc3O)N=C2CCC2CCCC21. The van der Waals surface area contributed by atoms with Crippen LogP contribution < -0.4 is 15.8 Å². The number of nitrogens with two attached hydrogens (primary N) is 1. The molecule has 1 aromatic carbocycles. The number of allylic oxidation sites excluding steroid dienone is 1. The smallest absolute Gasteiger partial charge is 0.208 e. The van der Waals surface area contributed by atoms with Crippen molar-refractivity contribution in [1.82, 2.24) is 5.32 Å². The van der Waals surface area contributed by atoms with E-state index in [9.17, 15) is 25.5 Å². The summed E-state index contributed by atoms with van der Waals surface area (Å²) >= 11 is 0. The number of nitrogens with zero attached hydrogens (tertiary/aromatic N) is 1. The molecule has 0 aromatic heterocycles. The molecule has 2 aliphatic heterocycles. The Kier molecular flexibility index (Phi) is 14.6. The van der Waals surface area contributed by atoms with Gasteiger partial charge in [-0.15, -0.1) is 16.6 Å². The van der Waals surface area contributed by atoms with E-state index in [1.54, 1.807) is 13.0 Å². The zero-order valence-electron chi connectivity index (χ0n) is 31.8. The number of rotatable bonds is 19. The lowest BCUT2D eigenvalue weighted by atomic mass is 9.75. The number of phenolic OH excluding ortho intramolecular Hbond substituents is 1. The first-order valence-electron chi connectivity index (χ1n) is 20.6. The van der Waals surface area contributed by atoms with Crippen LogP contribution in [0.4, 0.5) is 0 Å². The molecule has 3 saturated carbocycles. The van der Waals surface area contributed by atoms with Crippen LogP contribution in [0.1, 0.15) is 102 Å². The molecule has 5 aliphatic rings. The van der Waals surface area contributed by atoms with Crippen LogP contribution in [-0.4, -0.2) is 93.2 Å². The summed E-state index contributed by atoms with van der Waals surface area (Å²) in [5, 5.41) is 54.5. The van der Waals surface area contributed by atoms with E-state index in [4.69, 9.17) is 20.2 Å². The molecule has 2 heterocycles. The minimum absolute atomic E-state index is 0.0152. The molecule has 3 fully saturated rings. The highest BCUT2D eigenvalue weighted by molar-refractivity contribution is 6.03. The van der Waals surface area contributed by atoms with Gasteiger partial charge >= 0.3 is 0 Å². The van der Waals surface area contributed by atoms with Crippen LogP contribution in [0.5, 0.6) is 11.5 Å². The van der Waals surface area contributed by atoms with E-state index in [1.807, 2.05) is 12.1 Å². The minimum Gasteiger partial charge on any atom is -0.504 e. The molecule has 294 valence electrons. The summed E-state index contributed by atoms with van der Waals surface area (Å²) < 4.78 is 11.0. The second-order valence-electron chi connectivity index (χ2n) is 16.6. The highest BCUT2D eigenvalue weighted by Crippen LogP contribution is 2.48. The van der Waals surface area contributed by atoms with Crippen molar-refractivity contribution >= 4 is 5.71 Å². The lowest BCUT2D eigenvalue weighted by molar-refractivity contribution is -0.0553. The van der Waals surface area contributed by atoms with Crippen LogP contribution in [0, 0.1) is 41.6 Å². The van der Waals surface area contributed by atoms with Crippen molar-refractivity contribution in [3.8, 4) is 11.5 Å². The fraction of sp³-hybridized carbons (Fsp3) is 0.698. The second-order valence-corrected chi connectivity index (χ2v) is 16.6. The van der Waals surface area contributed by atoms with Gasteiger partial charge in [-0.2, -0.15) is 0 Å². The Hall–Kier alpha value is -2.57. The standard InChI is InChI=1S/C43H65N3O7/c1-27(49)23-45-24-36-34-7-4-6-30(34)13-15-38-35(36)22-39(46-38)41(51)26-52-43-20-29(11-16-40(43)50)10-14-33-21-32(25-48)42(53-33)8-3-2-5-28-9-12-31(17-18-47)37(44)19-28/h11,16,20-22,27-28,30-31,34,36-37,41-42,45,47-49,51,53H,2-10,12-15,17-19,23-26,44H2,1H3/p+1. The van der Waals surface area contributed by atoms with Gasteiger partial charge in [0.1, 0.15) is 30.4 Å². The minimum atomic E-state index is -0.924. The van der Waals surface area contributed by atoms with Crippen LogP contribution >= 0.6 is 0 Å². The van der Waals surface area contributed by atoms with E-state index in [0.717, 1.165) is 87.3 Å². The summed E-state index contributed by atoms with van der Waals surface area (Å²) in [6.07, 6.45) is 19.6. The molecule has 0 amide bonds. The van der Waals surface area contributed by atoms with E-state index < -0.39 is 12.2 Å². The Balaban J connectivity index is 0.957. The van der Waals surface area contributed by atoms with E-state index in [0.29, 0.717) is 54.0 Å². The highest BCUT2D eigenvalue weighted by atomic mass is 16.5. The topological polar surface area (TPSA) is 174 Å². The summed E-state index contributed by atoms with van der Waals surface area (Å²) in [5.74, 6) is 4.34. The Morgan fingerprint density at radius 3 is 2.74 bits per heavy atom. The number of aliphatic hydroxyl groups excluding tert-OH is 4. The first-order valence-corrected chi connectivity index (χ1v) is 20.6. The maximum Gasteiger partial charge on any atom is 0.208 e. The van der Waals surface area contributed by atoms with Crippen molar-refractivity contribution in [2.24, 2.45) is 40.3 Å². The molecule has 0 radical (unpaired) electrons. The molecule has 0 spiro atoms. The number of phenols is 1. The van der Waals surface area contributed by atoms with Crippen LogP contribution in [0.15, 0.2) is 46.6 Å². The maximum absolute atomic E-state index is 11.2. The Morgan fingerprint density at radius 2 is 1.94 bits per heavy atom. The molecule has 3 aliphatic carbocycles. The van der Waals surface area contributed by atoms with Gasteiger partial charge in [0.25, 0.3) is 0 Å². The number of hydrogen-bond donors (Lipinski definition) is 7. The second kappa shape index (κ2) is 19.3. The Bertz CT molecular complexity index is 1410. The molecule has 9 unspecified atom stereocenters. The number of aliphatic hydroxyl groups is 6. The molecule has 0 saturated heterocycles. The van der Waals surface area contributed by atoms with Crippen LogP contribution in [-0.2, 0) is 6.42 Å². The van der Waals surface area contributed by atoms with Crippen LogP contribution in [0.3, 0.4) is 0 Å². The van der Waals surface area contributed by atoms with Gasteiger partial charge in [0.05, 0.1) is 18.1 Å². The lowest BCUT2D eigenvalue weighted by Gasteiger charge is -2.34. The van der Waals surface area contributed by atoms with Gasteiger partial charge in [-0.05, 0) is 99.7 Å². The number of nitrogens with one attached hydrogen (secondary N) is 1. The van der Waals surface area contributed by atoms with Gasteiger partial charge in [-0.1, -0.05) is 38.2 Å². The van der Waals surface area contributed by atoms with Gasteiger partial charge in [-0.3, -0.25) is 0 Å². The molecule has 9 N–H and O–H groups in total. The predicted octanol–water partition coefficient (Wildman–Crippen LogP) is 4.82. The zero-order chi connectivity index (χ0) is 37.3. The quantitative estimate of drug-likeness (QED) is 0.0602. The first-order chi connectivity index (χ1) is 25.7. The molecule has 9 atom stereocenters. The first kappa shape index (κ1) is 40.1. The third kappa shape index (κ3) is 10.6. The Morgan fingerprint density at radius 1 is 1.09 bits per heavy atom.